The van der Waals surface area contributed by atoms with Crippen molar-refractivity contribution in [2.45, 2.75) is 13.2 Å². The third kappa shape index (κ3) is 2.44. The number of hydrogen-bond donors (Lipinski definition) is 1. The molecule has 1 aliphatic rings. The van der Waals surface area contributed by atoms with Gasteiger partial charge in [0.05, 0.1) is 18.9 Å². The summed E-state index contributed by atoms with van der Waals surface area (Å²) in [6, 6.07) is 15.1. The Bertz CT molecular complexity index is 842. The maximum absolute atomic E-state index is 12.3. The summed E-state index contributed by atoms with van der Waals surface area (Å²) in [6.07, 6.45) is 0. The van der Waals surface area contributed by atoms with Gasteiger partial charge >= 0.3 is 0 Å². The molecule has 1 aromatic carbocycles. The van der Waals surface area contributed by atoms with Gasteiger partial charge < -0.3 is 5.32 Å². The van der Waals surface area contributed by atoms with Crippen molar-refractivity contribution in [3.8, 4) is 12.1 Å². The zero-order valence-corrected chi connectivity index (χ0v) is 11.8. The minimum absolute atomic E-state index is 0.0105. The molecule has 3 rings (SSSR count). The highest BCUT2D eigenvalue weighted by atomic mass is 16.1. The van der Waals surface area contributed by atoms with Crippen LogP contribution in [0, 0.1) is 22.7 Å². The summed E-state index contributed by atoms with van der Waals surface area (Å²) < 4.78 is 1.45. The molecular weight excluding hydrogens is 278 g/mol. The Balaban J connectivity index is 1.94. The molecule has 108 valence electrons. The number of nitriles is 2. The van der Waals surface area contributed by atoms with E-state index in [0.29, 0.717) is 31.3 Å². The molecule has 0 saturated carbocycles. The normalized spacial score (nSPS) is 13.5. The van der Waals surface area contributed by atoms with Crippen LogP contribution in [0.5, 0.6) is 0 Å². The van der Waals surface area contributed by atoms with Gasteiger partial charge in [-0.1, -0.05) is 30.3 Å². The van der Waals surface area contributed by atoms with E-state index in [4.69, 9.17) is 5.26 Å². The first kappa shape index (κ1) is 13.9. The maximum Gasteiger partial charge on any atom is 0.271 e. The highest BCUT2D eigenvalue weighted by molar-refractivity contribution is 5.56. The van der Waals surface area contributed by atoms with Crippen molar-refractivity contribution in [3.63, 3.8) is 0 Å². The molecule has 0 bridgehead atoms. The van der Waals surface area contributed by atoms with Gasteiger partial charge in [-0.3, -0.25) is 14.3 Å². The summed E-state index contributed by atoms with van der Waals surface area (Å²) >= 11 is 0. The van der Waals surface area contributed by atoms with Gasteiger partial charge in [-0.25, -0.2) is 0 Å². The molecule has 0 radical (unpaired) electrons. The molecule has 0 aliphatic carbocycles. The van der Waals surface area contributed by atoms with Crippen LogP contribution in [0.2, 0.25) is 0 Å². The van der Waals surface area contributed by atoms with E-state index in [-0.39, 0.29) is 11.1 Å². The van der Waals surface area contributed by atoms with Crippen molar-refractivity contribution in [1.82, 2.24) is 9.47 Å². The molecular formula is C16H13N5O. The summed E-state index contributed by atoms with van der Waals surface area (Å²) in [4.78, 5) is 14.3. The molecule has 0 unspecified atom stereocenters. The molecule has 6 nitrogen and oxygen atoms in total. The smallest absolute Gasteiger partial charge is 0.271 e. The summed E-state index contributed by atoms with van der Waals surface area (Å²) in [6.45, 7) is 1.56. The predicted molar refractivity (Wildman–Crippen MR) is 80.6 cm³/mol. The van der Waals surface area contributed by atoms with Crippen LogP contribution in [0.4, 0.5) is 5.82 Å². The van der Waals surface area contributed by atoms with E-state index in [1.807, 2.05) is 47.4 Å². The minimum Gasteiger partial charge on any atom is -0.357 e. The number of rotatable bonds is 2. The SMILES string of the molecule is N#Cc1cc(C#N)c(=O)n2c1NCN(Cc1ccccc1)C2. The molecule has 2 aromatic rings. The van der Waals surface area contributed by atoms with Gasteiger partial charge in [-0.15, -0.1) is 0 Å². The lowest BCUT2D eigenvalue weighted by atomic mass is 10.2. The highest BCUT2D eigenvalue weighted by Gasteiger charge is 2.21. The Morgan fingerprint density at radius 1 is 1.14 bits per heavy atom. The number of hydrogen-bond acceptors (Lipinski definition) is 5. The number of pyridine rings is 1. The van der Waals surface area contributed by atoms with E-state index in [0.717, 1.165) is 5.56 Å². The van der Waals surface area contributed by atoms with Gasteiger partial charge in [0.25, 0.3) is 5.56 Å². The first-order valence-corrected chi connectivity index (χ1v) is 6.81. The van der Waals surface area contributed by atoms with Gasteiger partial charge in [-0.05, 0) is 11.6 Å². The number of fused-ring (bicyclic) bond motifs is 1. The van der Waals surface area contributed by atoms with Crippen LogP contribution in [0.25, 0.3) is 0 Å². The quantitative estimate of drug-likeness (QED) is 0.904. The largest absolute Gasteiger partial charge is 0.357 e. The molecule has 0 spiro atoms. The van der Waals surface area contributed by atoms with Gasteiger partial charge in [0.1, 0.15) is 23.5 Å². The Labute approximate surface area is 127 Å². The molecule has 1 N–H and O–H groups in total. The number of nitrogens with one attached hydrogen (secondary N) is 1. The van der Waals surface area contributed by atoms with Crippen LogP contribution >= 0.6 is 0 Å². The monoisotopic (exact) mass is 291 g/mol. The lowest BCUT2D eigenvalue weighted by Gasteiger charge is -2.31. The summed E-state index contributed by atoms with van der Waals surface area (Å²) in [5.41, 5.74) is 1.07. The van der Waals surface area contributed by atoms with Gasteiger partial charge in [0.15, 0.2) is 0 Å². The van der Waals surface area contributed by atoms with Gasteiger partial charge in [0, 0.05) is 6.54 Å². The summed E-state index contributed by atoms with van der Waals surface area (Å²) in [5, 5.41) is 21.3. The molecule has 22 heavy (non-hydrogen) atoms. The van der Waals surface area contributed by atoms with E-state index in [2.05, 4.69) is 5.32 Å². The van der Waals surface area contributed by atoms with Crippen LogP contribution in [-0.2, 0) is 13.2 Å². The molecule has 1 aliphatic heterocycles. The average molecular weight is 291 g/mol. The van der Waals surface area contributed by atoms with E-state index >= 15 is 0 Å². The summed E-state index contributed by atoms with van der Waals surface area (Å²) in [7, 11) is 0. The molecule has 0 atom stereocenters. The van der Waals surface area contributed by atoms with Crippen molar-refractivity contribution in [3.05, 3.63) is 63.4 Å². The minimum atomic E-state index is -0.373. The Morgan fingerprint density at radius 2 is 1.86 bits per heavy atom. The van der Waals surface area contributed by atoms with Crippen molar-refractivity contribution < 1.29 is 0 Å². The second kappa shape index (κ2) is 5.72. The van der Waals surface area contributed by atoms with Crippen LogP contribution in [0.15, 0.2) is 41.2 Å². The van der Waals surface area contributed by atoms with Crippen molar-refractivity contribution in [2.75, 3.05) is 12.0 Å². The number of aromatic nitrogens is 1. The van der Waals surface area contributed by atoms with Crippen LogP contribution in [0.3, 0.4) is 0 Å². The first-order chi connectivity index (χ1) is 10.7. The van der Waals surface area contributed by atoms with E-state index in [1.165, 1.54) is 10.6 Å². The van der Waals surface area contributed by atoms with Crippen molar-refractivity contribution >= 4 is 5.82 Å². The second-order valence-electron chi connectivity index (χ2n) is 5.07. The van der Waals surface area contributed by atoms with Crippen molar-refractivity contribution in [1.29, 1.82) is 10.5 Å². The molecule has 0 fully saturated rings. The third-order valence-corrected chi connectivity index (χ3v) is 3.59. The van der Waals surface area contributed by atoms with Gasteiger partial charge in [0.2, 0.25) is 0 Å². The number of nitrogens with zero attached hydrogens (tertiary/aromatic N) is 4. The first-order valence-electron chi connectivity index (χ1n) is 6.81. The zero-order valence-electron chi connectivity index (χ0n) is 11.8. The van der Waals surface area contributed by atoms with E-state index in [9.17, 15) is 10.1 Å². The molecule has 1 aromatic heterocycles. The molecule has 6 heteroatoms. The number of anilines is 1. The van der Waals surface area contributed by atoms with Crippen LogP contribution in [0.1, 0.15) is 16.7 Å². The lowest BCUT2D eigenvalue weighted by molar-refractivity contribution is 0.206. The van der Waals surface area contributed by atoms with Crippen molar-refractivity contribution in [2.24, 2.45) is 0 Å². The zero-order chi connectivity index (χ0) is 15.5. The van der Waals surface area contributed by atoms with Gasteiger partial charge in [-0.2, -0.15) is 10.5 Å². The fourth-order valence-corrected chi connectivity index (χ4v) is 2.54. The lowest BCUT2D eigenvalue weighted by Crippen LogP contribution is -2.42. The predicted octanol–water partition coefficient (Wildman–Crippen LogP) is 1.43. The van der Waals surface area contributed by atoms with E-state index < -0.39 is 0 Å². The topological polar surface area (TPSA) is 84.9 Å². The standard InChI is InChI=1S/C16H13N5O/c17-7-13-6-14(8-18)16(22)21-11-20(10-19-15(13)21)9-12-4-2-1-3-5-12/h1-6,19H,9-11H2. The highest BCUT2D eigenvalue weighted by Crippen LogP contribution is 2.19. The maximum atomic E-state index is 12.3. The fourth-order valence-electron chi connectivity index (χ4n) is 2.54. The average Bonchev–Trinajstić information content (AvgIpc) is 2.56. The number of benzene rings is 1. The fraction of sp³-hybridized carbons (Fsp3) is 0.188. The molecule has 2 heterocycles. The van der Waals surface area contributed by atoms with Crippen LogP contribution < -0.4 is 10.9 Å². The third-order valence-electron chi connectivity index (χ3n) is 3.59. The Morgan fingerprint density at radius 3 is 2.55 bits per heavy atom. The second-order valence-corrected chi connectivity index (χ2v) is 5.07. The van der Waals surface area contributed by atoms with Crippen LogP contribution in [-0.4, -0.2) is 16.1 Å². The van der Waals surface area contributed by atoms with E-state index in [1.54, 1.807) is 0 Å². The Kier molecular flexibility index (Phi) is 3.61. The molecule has 0 amide bonds. The summed E-state index contributed by atoms with van der Waals surface area (Å²) in [5.74, 6) is 0.482. The Hall–Kier alpha value is -3.09. The molecule has 0 saturated heterocycles.